The third-order valence-electron chi connectivity index (χ3n) is 27.2. The number of likely N-dealkylation sites (tertiary alicyclic amines) is 5. The summed E-state index contributed by atoms with van der Waals surface area (Å²) in [5.74, 6) is -0.0536. The molecule has 0 aliphatic carbocycles. The third-order valence-corrected chi connectivity index (χ3v) is 27.2. The number of nitriles is 1. The van der Waals surface area contributed by atoms with Crippen LogP contribution in [0.5, 0.6) is 0 Å². The van der Waals surface area contributed by atoms with Crippen LogP contribution in [-0.2, 0) is 32.7 Å². The van der Waals surface area contributed by atoms with Crippen molar-refractivity contribution in [2.24, 2.45) is 0 Å². The van der Waals surface area contributed by atoms with Crippen molar-refractivity contribution in [2.45, 2.75) is 155 Å². The van der Waals surface area contributed by atoms with Gasteiger partial charge in [0.25, 0.3) is 23.6 Å². The van der Waals surface area contributed by atoms with Gasteiger partial charge in [-0.3, -0.25) is 79.1 Å². The summed E-state index contributed by atoms with van der Waals surface area (Å²) in [6, 6.07) is 54.8. The lowest BCUT2D eigenvalue weighted by molar-refractivity contribution is 0.0911. The predicted octanol–water partition coefficient (Wildman–Crippen LogP) is 18.1. The Balaban J connectivity index is 0.000000129. The molecular weight excluding hydrogens is 1750 g/mol. The fourth-order valence-electron chi connectivity index (χ4n) is 19.4. The summed E-state index contributed by atoms with van der Waals surface area (Å²) in [4.78, 5) is 93.4. The molecule has 14 heterocycles. The van der Waals surface area contributed by atoms with Gasteiger partial charge in [-0.15, -0.1) is 0 Å². The summed E-state index contributed by atoms with van der Waals surface area (Å²) in [6.45, 7) is 19.9. The number of rotatable bonds is 26. The fourth-order valence-corrected chi connectivity index (χ4v) is 19.4. The molecule has 0 radical (unpaired) electrons. The average Bonchev–Trinajstić information content (AvgIpc) is 1.64. The van der Waals surface area contributed by atoms with Crippen molar-refractivity contribution < 1.29 is 19.2 Å². The van der Waals surface area contributed by atoms with Gasteiger partial charge in [0.15, 0.2) is 22.8 Å². The molecule has 5 fully saturated rings. The van der Waals surface area contributed by atoms with Gasteiger partial charge in [-0.1, -0.05) is 62.1 Å². The Kier molecular flexibility index (Phi) is 32.4. The fraction of sp³-hybridized carbons (Fsp3) is 0.364. The number of hydrogen-bond donors (Lipinski definition) is 8. The molecule has 8 N–H and O–H groups in total. The van der Waals surface area contributed by atoms with Crippen molar-refractivity contribution in [2.75, 3.05) is 129 Å². The highest BCUT2D eigenvalue weighted by Crippen LogP contribution is 2.35. The Morgan fingerprint density at radius 2 is 0.771 bits per heavy atom. The molecule has 9 aromatic heterocycles. The molecule has 5 saturated heterocycles. The van der Waals surface area contributed by atoms with E-state index < -0.39 is 0 Å². The first-order chi connectivity index (χ1) is 68.2. The Morgan fingerprint density at radius 3 is 1.16 bits per heavy atom. The Hall–Kier alpha value is -14.2. The molecule has 30 heteroatoms. The van der Waals surface area contributed by atoms with Crippen LogP contribution >= 0.6 is 0 Å². The van der Waals surface area contributed by atoms with E-state index in [1.807, 2.05) is 170 Å². The van der Waals surface area contributed by atoms with E-state index in [2.05, 4.69) is 202 Å². The largest absolute Gasteiger partial charge is 0.358 e. The molecular formula is C110H128N26O4. The van der Waals surface area contributed by atoms with Crippen LogP contribution in [0.4, 0.5) is 22.9 Å². The molecule has 0 unspecified atom stereocenters. The second-order valence-electron chi connectivity index (χ2n) is 38.6. The lowest BCUT2D eigenvalue weighted by Crippen LogP contribution is -2.43. The summed E-state index contributed by atoms with van der Waals surface area (Å²) in [6.07, 6.45) is 34.4. The van der Waals surface area contributed by atoms with Gasteiger partial charge in [-0.05, 0) is 337 Å². The zero-order chi connectivity index (χ0) is 97.0. The zero-order valence-electron chi connectivity index (χ0n) is 81.6. The summed E-state index contributed by atoms with van der Waals surface area (Å²) in [5, 5.41) is 53.3. The van der Waals surface area contributed by atoms with E-state index in [1.54, 1.807) is 30.5 Å². The lowest BCUT2D eigenvalue weighted by atomic mass is 9.96. The van der Waals surface area contributed by atoms with E-state index in [1.165, 1.54) is 112 Å². The van der Waals surface area contributed by atoms with Crippen LogP contribution in [-0.4, -0.2) is 249 Å². The summed E-state index contributed by atoms with van der Waals surface area (Å²) in [5.41, 5.74) is 21.6. The van der Waals surface area contributed by atoms with E-state index in [9.17, 15) is 19.2 Å². The molecule has 4 amide bonds. The van der Waals surface area contributed by atoms with E-state index in [0.29, 0.717) is 51.8 Å². The van der Waals surface area contributed by atoms with Crippen LogP contribution in [0.15, 0.2) is 213 Å². The van der Waals surface area contributed by atoms with Crippen LogP contribution in [0, 0.1) is 11.3 Å². The highest BCUT2D eigenvalue weighted by Gasteiger charge is 2.28. The zero-order valence-corrected chi connectivity index (χ0v) is 81.6. The van der Waals surface area contributed by atoms with Gasteiger partial charge < -0.3 is 40.9 Å². The summed E-state index contributed by atoms with van der Waals surface area (Å²) < 4.78 is 0. The second kappa shape index (κ2) is 46.5. The highest BCUT2D eigenvalue weighted by molar-refractivity contribution is 6.14. The standard InChI is InChI=1S/C29H36N8O.C28H28N6O.C28H32N6O.C25H32N6O/c1-35(2)13-14-36(3)27-10-8-24(19-31-27)32-29(38)28-25-16-22(7-9-26(25)33-34-28)23-15-21(17-30-18-23)20-37-11-5-4-6-12-37;1-18-4-3-5-19(2)34(18)17-21-12-23(16-30-15-21)22-8-11-26-25(13-22)27(33-32-26)28(35)31-24-9-6-20(14-29)7-10-24;1-33(2)18-20-7-6-8-24(14-20)30-28(35)27-25-15-22(9-10-26(25)31-32-27)23-13-21(16-29-17-23)19-34-11-4-3-5-12-34;1-30-11-7-21(8-12-30)27-25(32)24-22-14-19(5-6-23(22)28-29-24)20-13-18(15-26-16-20)17-31-9-3-2-4-10-31/h7-10,15-19H,4-6,11-14,20H2,1-3H3,(H,32,38)(H,33,34);6-13,15-16,18-19H,3-5,17H2,1-2H3,(H,31,35)(H,32,33);6-10,13-17H,3-5,11-12,18-19H2,1-2H3,(H,30,35)(H,31,32);5-6,13-16,21H,2-4,7-12,17H2,1H3,(H,27,32)(H,28,29)/t;18-,19+;;. The summed E-state index contributed by atoms with van der Waals surface area (Å²) >= 11 is 0. The minimum Gasteiger partial charge on any atom is -0.358 e. The van der Waals surface area contributed by atoms with Gasteiger partial charge in [0.1, 0.15) is 5.82 Å². The van der Waals surface area contributed by atoms with Crippen LogP contribution in [0.25, 0.3) is 88.1 Å². The SMILES string of the molecule is CN(C)CCN(C)c1ccc(NC(=O)c2n[nH]c3ccc(-c4cncc(CN5CCCCC5)c4)cc23)cn1.CN(C)Cc1cccc(NC(=O)c2n[nH]c3ccc(-c4cncc(CN5CCCCC5)c4)cc23)c1.CN1CCC(NC(=O)c2n[nH]c3ccc(-c4cncc(CN5CCCCC5)c4)cc23)CC1.C[C@@H]1CCC[C@H](C)N1Cc1cncc(-c2ccc3[nH]nc(C(=O)Nc4ccc(C#N)cc4)c3c2)c1. The number of aromatic amines is 4. The van der Waals surface area contributed by atoms with Crippen LogP contribution in [0.3, 0.4) is 0 Å². The van der Waals surface area contributed by atoms with E-state index in [-0.39, 0.29) is 29.7 Å². The van der Waals surface area contributed by atoms with Gasteiger partial charge in [-0.25, -0.2) is 4.98 Å². The number of nitrogens with one attached hydrogen (secondary N) is 8. The van der Waals surface area contributed by atoms with Crippen molar-refractivity contribution in [1.82, 2.24) is 105 Å². The first-order valence-corrected chi connectivity index (χ1v) is 49.3. The van der Waals surface area contributed by atoms with Crippen molar-refractivity contribution in [1.29, 1.82) is 5.26 Å². The highest BCUT2D eigenvalue weighted by atomic mass is 16.2. The molecule has 15 aromatic rings. The van der Waals surface area contributed by atoms with Crippen LogP contribution in [0.1, 0.15) is 179 Å². The number of likely N-dealkylation sites (N-methyl/N-ethyl adjacent to an activating group) is 2. The molecule has 0 saturated carbocycles. The van der Waals surface area contributed by atoms with Crippen molar-refractivity contribution in [3.05, 3.63) is 270 Å². The molecule has 5 aliphatic heterocycles. The number of piperidine rings is 5. The summed E-state index contributed by atoms with van der Waals surface area (Å²) in [7, 11) is 12.3. The van der Waals surface area contributed by atoms with Crippen molar-refractivity contribution >= 4 is 90.1 Å². The van der Waals surface area contributed by atoms with Crippen LogP contribution in [0.2, 0.25) is 0 Å². The van der Waals surface area contributed by atoms with Gasteiger partial charge in [0.2, 0.25) is 0 Å². The maximum atomic E-state index is 13.2. The number of anilines is 4. The molecule has 2 atom stereocenters. The van der Waals surface area contributed by atoms with Crippen molar-refractivity contribution in [3.8, 4) is 50.6 Å². The molecule has 20 rings (SSSR count). The molecule has 0 spiro atoms. The number of benzene rings is 6. The Morgan fingerprint density at radius 1 is 0.379 bits per heavy atom. The third kappa shape index (κ3) is 25.5. The van der Waals surface area contributed by atoms with E-state index in [0.717, 1.165) is 203 Å². The number of pyridine rings is 5. The normalized spacial score (nSPS) is 16.4. The predicted molar refractivity (Wildman–Crippen MR) is 556 cm³/mol. The molecule has 6 aromatic carbocycles. The molecule has 722 valence electrons. The first kappa shape index (κ1) is 97.5. The number of carbonyl (C=O) groups excluding carboxylic acids is 4. The van der Waals surface area contributed by atoms with E-state index >= 15 is 0 Å². The number of carbonyl (C=O) groups is 4. The monoisotopic (exact) mass is 1880 g/mol. The maximum absolute atomic E-state index is 13.2. The van der Waals surface area contributed by atoms with Gasteiger partial charge >= 0.3 is 0 Å². The Labute approximate surface area is 818 Å². The number of aromatic nitrogens is 13. The molecule has 140 heavy (non-hydrogen) atoms. The van der Waals surface area contributed by atoms with Crippen LogP contribution < -0.4 is 26.2 Å². The van der Waals surface area contributed by atoms with E-state index in [4.69, 9.17) is 5.26 Å². The minimum atomic E-state index is -0.307. The topological polar surface area (TPSA) is 345 Å². The van der Waals surface area contributed by atoms with Crippen molar-refractivity contribution in [3.63, 3.8) is 0 Å². The molecule has 30 nitrogen and oxygen atoms in total. The lowest BCUT2D eigenvalue weighted by Gasteiger charge is -2.39. The number of amides is 4. The minimum absolute atomic E-state index is 0.0973. The molecule has 5 aliphatic rings. The average molecular weight is 1880 g/mol. The number of nitrogens with zero attached hydrogens (tertiary/aromatic N) is 18. The Bertz CT molecular complexity index is 6780. The number of H-pyrrole nitrogens is 4. The quantitative estimate of drug-likeness (QED) is 0.0250. The maximum Gasteiger partial charge on any atom is 0.276 e. The number of hydrogen-bond acceptors (Lipinski definition) is 22. The number of fused-ring (bicyclic) bond motifs is 4. The van der Waals surface area contributed by atoms with Gasteiger partial charge in [-0.2, -0.15) is 25.7 Å². The van der Waals surface area contributed by atoms with Gasteiger partial charge in [0, 0.05) is 176 Å². The molecule has 0 bridgehead atoms. The second-order valence-corrected chi connectivity index (χ2v) is 38.6. The smallest absolute Gasteiger partial charge is 0.276 e. The first-order valence-electron chi connectivity index (χ1n) is 49.3. The van der Waals surface area contributed by atoms with Gasteiger partial charge in [0.05, 0.1) is 45.6 Å².